The van der Waals surface area contributed by atoms with E-state index in [-0.39, 0.29) is 5.97 Å². The zero-order valence-electron chi connectivity index (χ0n) is 18.0. The first-order chi connectivity index (χ1) is 14.2. The molecule has 1 unspecified atom stereocenters. The maximum atomic E-state index is 12.4. The second kappa shape index (κ2) is 11.0. The van der Waals surface area contributed by atoms with Crippen molar-refractivity contribution in [3.8, 4) is 5.75 Å². The van der Waals surface area contributed by atoms with Crippen LogP contribution in [0.1, 0.15) is 86.7 Å². The molecule has 29 heavy (non-hydrogen) atoms. The van der Waals surface area contributed by atoms with Gasteiger partial charge in [-0.2, -0.15) is 0 Å². The average Bonchev–Trinajstić information content (AvgIpc) is 2.76. The molecule has 0 aliphatic heterocycles. The molecule has 2 aromatic carbocycles. The van der Waals surface area contributed by atoms with Gasteiger partial charge in [-0.05, 0) is 72.6 Å². The highest BCUT2D eigenvalue weighted by Crippen LogP contribution is 2.33. The molecule has 0 saturated heterocycles. The van der Waals surface area contributed by atoms with Crippen LogP contribution in [0.5, 0.6) is 5.75 Å². The van der Waals surface area contributed by atoms with E-state index in [0.29, 0.717) is 11.3 Å². The second-order valence-corrected chi connectivity index (χ2v) is 8.23. The van der Waals surface area contributed by atoms with Crippen LogP contribution in [0.3, 0.4) is 0 Å². The molecule has 0 spiro atoms. The largest absolute Gasteiger partial charge is 0.423 e. The van der Waals surface area contributed by atoms with E-state index < -0.39 is 0 Å². The highest BCUT2D eigenvalue weighted by atomic mass is 16.5. The first-order valence-corrected chi connectivity index (χ1v) is 11.3. The normalized spacial score (nSPS) is 16.3. The van der Waals surface area contributed by atoms with Crippen molar-refractivity contribution in [3.63, 3.8) is 0 Å². The summed E-state index contributed by atoms with van der Waals surface area (Å²) >= 11 is 0. The van der Waals surface area contributed by atoms with Crippen LogP contribution in [0.4, 0.5) is 0 Å². The third kappa shape index (κ3) is 6.32. The summed E-state index contributed by atoms with van der Waals surface area (Å²) in [5.74, 6) is 1.15. The molecule has 0 bridgehead atoms. The van der Waals surface area contributed by atoms with Crippen molar-refractivity contribution in [1.29, 1.82) is 0 Å². The molecule has 0 fully saturated rings. The maximum Gasteiger partial charge on any atom is 0.343 e. The van der Waals surface area contributed by atoms with Crippen LogP contribution < -0.4 is 4.74 Å². The smallest absolute Gasteiger partial charge is 0.343 e. The number of hydrogen-bond acceptors (Lipinski definition) is 2. The van der Waals surface area contributed by atoms with Gasteiger partial charge in [0.05, 0.1) is 5.56 Å². The molecule has 154 valence electrons. The average molecular weight is 391 g/mol. The van der Waals surface area contributed by atoms with Gasteiger partial charge in [-0.25, -0.2) is 4.79 Å². The monoisotopic (exact) mass is 390 g/mol. The molecule has 0 amide bonds. The number of esters is 1. The van der Waals surface area contributed by atoms with E-state index in [1.54, 1.807) is 0 Å². The van der Waals surface area contributed by atoms with Crippen LogP contribution in [-0.2, 0) is 6.42 Å². The van der Waals surface area contributed by atoms with Crippen molar-refractivity contribution < 1.29 is 9.53 Å². The van der Waals surface area contributed by atoms with Crippen molar-refractivity contribution in [3.05, 3.63) is 71.3 Å². The lowest BCUT2D eigenvalue weighted by Gasteiger charge is -2.22. The van der Waals surface area contributed by atoms with E-state index in [0.717, 1.165) is 25.2 Å². The molecule has 2 aromatic rings. The molecule has 2 heteroatoms. The molecule has 0 heterocycles. The SMILES string of the molecule is CCCCCC1CC=C(c2ccc(C(=O)Oc3ccc(CCC)cc3)cc2)CC1. The van der Waals surface area contributed by atoms with Gasteiger partial charge in [0.1, 0.15) is 5.75 Å². The van der Waals surface area contributed by atoms with Crippen LogP contribution in [0.25, 0.3) is 5.57 Å². The maximum absolute atomic E-state index is 12.4. The van der Waals surface area contributed by atoms with Gasteiger partial charge in [-0.3, -0.25) is 0 Å². The van der Waals surface area contributed by atoms with Crippen molar-refractivity contribution >= 4 is 11.5 Å². The number of carbonyl (C=O) groups is 1. The topological polar surface area (TPSA) is 26.3 Å². The van der Waals surface area contributed by atoms with Gasteiger partial charge in [-0.1, -0.05) is 76.3 Å². The first kappa shape index (κ1) is 21.4. The molecule has 1 aliphatic rings. The fourth-order valence-corrected chi connectivity index (χ4v) is 4.10. The Balaban J connectivity index is 1.55. The Morgan fingerprint density at radius 1 is 0.966 bits per heavy atom. The number of rotatable bonds is 9. The minimum Gasteiger partial charge on any atom is -0.423 e. The summed E-state index contributed by atoms with van der Waals surface area (Å²) in [4.78, 5) is 12.4. The quantitative estimate of drug-likeness (QED) is 0.250. The molecular weight excluding hydrogens is 356 g/mol. The Kier molecular flexibility index (Phi) is 8.10. The molecule has 3 rings (SSSR count). The van der Waals surface area contributed by atoms with Crippen LogP contribution in [0.2, 0.25) is 0 Å². The molecular formula is C27H34O2. The Bertz CT molecular complexity index is 799. The van der Waals surface area contributed by atoms with Gasteiger partial charge in [-0.15, -0.1) is 0 Å². The number of ether oxygens (including phenoxy) is 1. The standard InChI is InChI=1S/C27H34O2/c1-3-5-6-8-22-9-13-23(14-10-22)24-15-17-25(18-16-24)27(28)29-26-19-11-21(7-4-2)12-20-26/h11-13,15-20,22H,3-10,14H2,1-2H3. The van der Waals surface area contributed by atoms with Crippen LogP contribution in [-0.4, -0.2) is 5.97 Å². The van der Waals surface area contributed by atoms with E-state index in [1.807, 2.05) is 36.4 Å². The predicted octanol–water partition coefficient (Wildman–Crippen LogP) is 7.62. The summed E-state index contributed by atoms with van der Waals surface area (Å²) in [7, 11) is 0. The van der Waals surface area contributed by atoms with Crippen molar-refractivity contribution in [2.45, 2.75) is 71.6 Å². The minimum absolute atomic E-state index is 0.298. The van der Waals surface area contributed by atoms with E-state index in [9.17, 15) is 4.79 Å². The molecule has 0 aromatic heterocycles. The second-order valence-electron chi connectivity index (χ2n) is 8.23. The van der Waals surface area contributed by atoms with Gasteiger partial charge in [0.2, 0.25) is 0 Å². The number of carbonyl (C=O) groups excluding carboxylic acids is 1. The number of benzene rings is 2. The zero-order chi connectivity index (χ0) is 20.5. The number of hydrogen-bond donors (Lipinski definition) is 0. The molecule has 0 N–H and O–H groups in total. The lowest BCUT2D eigenvalue weighted by Crippen LogP contribution is -2.09. The molecule has 2 nitrogen and oxygen atoms in total. The molecule has 0 radical (unpaired) electrons. The number of allylic oxidation sites excluding steroid dienone is 2. The van der Waals surface area contributed by atoms with Gasteiger partial charge >= 0.3 is 5.97 Å². The highest BCUT2D eigenvalue weighted by Gasteiger charge is 2.16. The summed E-state index contributed by atoms with van der Waals surface area (Å²) in [6, 6.07) is 15.7. The summed E-state index contributed by atoms with van der Waals surface area (Å²) in [5, 5.41) is 0. The van der Waals surface area contributed by atoms with E-state index >= 15 is 0 Å². The Morgan fingerprint density at radius 2 is 1.72 bits per heavy atom. The summed E-state index contributed by atoms with van der Waals surface area (Å²) in [5.41, 5.74) is 4.52. The summed E-state index contributed by atoms with van der Waals surface area (Å²) < 4.78 is 5.53. The van der Waals surface area contributed by atoms with Crippen LogP contribution in [0.15, 0.2) is 54.6 Å². The molecule has 1 atom stereocenters. The van der Waals surface area contributed by atoms with Gasteiger partial charge < -0.3 is 4.74 Å². The van der Waals surface area contributed by atoms with Crippen molar-refractivity contribution in [2.75, 3.05) is 0 Å². The summed E-state index contributed by atoms with van der Waals surface area (Å²) in [6.45, 7) is 4.43. The lowest BCUT2D eigenvalue weighted by molar-refractivity contribution is 0.0734. The first-order valence-electron chi connectivity index (χ1n) is 11.3. The van der Waals surface area contributed by atoms with Crippen LogP contribution in [0, 0.1) is 5.92 Å². The molecule has 1 aliphatic carbocycles. The van der Waals surface area contributed by atoms with Gasteiger partial charge in [0.15, 0.2) is 0 Å². The van der Waals surface area contributed by atoms with Crippen LogP contribution >= 0.6 is 0 Å². The van der Waals surface area contributed by atoms with Gasteiger partial charge in [0.25, 0.3) is 0 Å². The van der Waals surface area contributed by atoms with Crippen molar-refractivity contribution in [2.24, 2.45) is 5.92 Å². The van der Waals surface area contributed by atoms with E-state index in [4.69, 9.17) is 4.74 Å². The Labute approximate surface area is 176 Å². The number of unbranched alkanes of at least 4 members (excludes halogenated alkanes) is 2. The number of aryl methyl sites for hydroxylation is 1. The Morgan fingerprint density at radius 3 is 2.34 bits per heavy atom. The fraction of sp³-hybridized carbons (Fsp3) is 0.444. The summed E-state index contributed by atoms with van der Waals surface area (Å²) in [6.07, 6.45) is 13.6. The predicted molar refractivity (Wildman–Crippen MR) is 121 cm³/mol. The van der Waals surface area contributed by atoms with E-state index in [2.05, 4.69) is 32.1 Å². The fourth-order valence-electron chi connectivity index (χ4n) is 4.10. The third-order valence-corrected chi connectivity index (χ3v) is 5.90. The Hall–Kier alpha value is -2.35. The zero-order valence-corrected chi connectivity index (χ0v) is 18.0. The van der Waals surface area contributed by atoms with Gasteiger partial charge in [0, 0.05) is 0 Å². The minimum atomic E-state index is -0.298. The van der Waals surface area contributed by atoms with E-state index in [1.165, 1.54) is 55.2 Å². The highest BCUT2D eigenvalue weighted by molar-refractivity contribution is 5.91. The molecule has 0 saturated carbocycles. The third-order valence-electron chi connectivity index (χ3n) is 5.90. The lowest BCUT2D eigenvalue weighted by atomic mass is 9.84. The van der Waals surface area contributed by atoms with Crippen molar-refractivity contribution in [1.82, 2.24) is 0 Å².